The first-order valence-corrected chi connectivity index (χ1v) is 10.4. The van der Waals surface area contributed by atoms with Crippen molar-refractivity contribution in [3.63, 3.8) is 0 Å². The number of likely N-dealkylation sites (N-methyl/N-ethyl adjacent to an activating group) is 1. The fourth-order valence-corrected chi connectivity index (χ4v) is 3.54. The molecule has 1 unspecified atom stereocenters. The first-order valence-electron chi connectivity index (χ1n) is 10.4. The van der Waals surface area contributed by atoms with E-state index in [0.717, 1.165) is 38.6 Å². The number of nitrogens with one attached hydrogen (secondary N) is 1. The van der Waals surface area contributed by atoms with Crippen LogP contribution in [0.3, 0.4) is 0 Å². The molecular formula is C24H35N3O2. The van der Waals surface area contributed by atoms with E-state index in [9.17, 15) is 9.59 Å². The summed E-state index contributed by atoms with van der Waals surface area (Å²) in [5.74, 6) is 0.329. The van der Waals surface area contributed by atoms with Crippen LogP contribution in [0.5, 0.6) is 0 Å². The number of carbonyl (C=O) groups is 2. The second-order valence-electron chi connectivity index (χ2n) is 8.23. The molecule has 0 radical (unpaired) electrons. The molecule has 0 heterocycles. The summed E-state index contributed by atoms with van der Waals surface area (Å²) in [5.41, 5.74) is 4.58. The normalized spacial score (nSPS) is 16.6. The van der Waals surface area contributed by atoms with Crippen LogP contribution in [0.2, 0.25) is 0 Å². The molecule has 2 rings (SSSR count). The minimum absolute atomic E-state index is 0.00262. The summed E-state index contributed by atoms with van der Waals surface area (Å²) in [6.45, 7) is 5.17. The van der Waals surface area contributed by atoms with Crippen LogP contribution in [0.4, 0.5) is 0 Å². The summed E-state index contributed by atoms with van der Waals surface area (Å²) in [5, 5.41) is 3.00. The first kappa shape index (κ1) is 23.0. The highest BCUT2D eigenvalue weighted by Crippen LogP contribution is 2.31. The third kappa shape index (κ3) is 7.59. The molecule has 0 aromatic heterocycles. The highest BCUT2D eigenvalue weighted by molar-refractivity contribution is 5.94. The summed E-state index contributed by atoms with van der Waals surface area (Å²) < 4.78 is 0. The number of carbonyl (C=O) groups excluding carboxylic acids is 2. The van der Waals surface area contributed by atoms with Gasteiger partial charge in [0.05, 0.1) is 6.54 Å². The predicted octanol–water partition coefficient (Wildman–Crippen LogP) is 3.25. The maximum atomic E-state index is 12.3. The van der Waals surface area contributed by atoms with Gasteiger partial charge < -0.3 is 15.0 Å². The number of rotatable bonds is 11. The minimum Gasteiger partial charge on any atom is -0.352 e. The number of aldehydes is 1. The Kier molecular flexibility index (Phi) is 9.29. The van der Waals surface area contributed by atoms with Gasteiger partial charge in [-0.05, 0) is 77.1 Å². The van der Waals surface area contributed by atoms with Crippen LogP contribution in [-0.2, 0) is 4.79 Å². The fraction of sp³-hybridized carbons (Fsp3) is 0.500. The highest BCUT2D eigenvalue weighted by Gasteiger charge is 2.17. The van der Waals surface area contributed by atoms with Crippen molar-refractivity contribution in [1.82, 2.24) is 15.1 Å². The van der Waals surface area contributed by atoms with Gasteiger partial charge in [0, 0.05) is 24.6 Å². The number of hydrogen-bond donors (Lipinski definition) is 1. The van der Waals surface area contributed by atoms with Crippen LogP contribution in [0, 0.1) is 0 Å². The van der Waals surface area contributed by atoms with Gasteiger partial charge in [0.2, 0.25) is 0 Å². The molecule has 1 aromatic carbocycles. The molecule has 0 aliphatic heterocycles. The van der Waals surface area contributed by atoms with E-state index in [-0.39, 0.29) is 5.91 Å². The largest absolute Gasteiger partial charge is 0.352 e. The van der Waals surface area contributed by atoms with Crippen molar-refractivity contribution >= 4 is 12.2 Å². The van der Waals surface area contributed by atoms with Crippen LogP contribution >= 0.6 is 0 Å². The smallest absolute Gasteiger partial charge is 0.251 e. The van der Waals surface area contributed by atoms with Crippen molar-refractivity contribution in [2.45, 2.75) is 32.1 Å². The van der Waals surface area contributed by atoms with Gasteiger partial charge in [-0.2, -0.15) is 0 Å². The van der Waals surface area contributed by atoms with Gasteiger partial charge >= 0.3 is 0 Å². The summed E-state index contributed by atoms with van der Waals surface area (Å²) >= 11 is 0. The lowest BCUT2D eigenvalue weighted by Crippen LogP contribution is -2.25. The molecule has 5 nitrogen and oxygen atoms in total. The zero-order valence-electron chi connectivity index (χ0n) is 18.3. The first-order chi connectivity index (χ1) is 13.9. The van der Waals surface area contributed by atoms with Gasteiger partial charge in [-0.1, -0.05) is 29.9 Å². The molecule has 1 amide bonds. The average Bonchev–Trinajstić information content (AvgIpc) is 2.69. The van der Waals surface area contributed by atoms with Crippen molar-refractivity contribution in [2.75, 3.05) is 47.3 Å². The van der Waals surface area contributed by atoms with Crippen LogP contribution in [-0.4, -0.2) is 69.3 Å². The number of amides is 1. The van der Waals surface area contributed by atoms with Crippen LogP contribution in [0.25, 0.3) is 0 Å². The van der Waals surface area contributed by atoms with E-state index in [1.165, 1.54) is 16.7 Å². The molecule has 158 valence electrons. The Labute approximate surface area is 175 Å². The van der Waals surface area contributed by atoms with Crippen molar-refractivity contribution in [3.8, 4) is 0 Å². The van der Waals surface area contributed by atoms with Gasteiger partial charge in [-0.25, -0.2) is 0 Å². The zero-order chi connectivity index (χ0) is 21.2. The van der Waals surface area contributed by atoms with E-state index in [4.69, 9.17) is 0 Å². The topological polar surface area (TPSA) is 52.7 Å². The maximum Gasteiger partial charge on any atom is 0.251 e. The summed E-state index contributed by atoms with van der Waals surface area (Å²) in [6.07, 6.45) is 8.39. The van der Waals surface area contributed by atoms with E-state index in [1.807, 2.05) is 24.1 Å². The lowest BCUT2D eigenvalue weighted by Gasteiger charge is -2.23. The predicted molar refractivity (Wildman–Crippen MR) is 119 cm³/mol. The van der Waals surface area contributed by atoms with E-state index in [0.29, 0.717) is 24.6 Å². The van der Waals surface area contributed by atoms with E-state index in [2.05, 4.69) is 55.5 Å². The molecule has 0 saturated carbocycles. The third-order valence-electron chi connectivity index (χ3n) is 5.35. The third-order valence-corrected chi connectivity index (χ3v) is 5.35. The highest BCUT2D eigenvalue weighted by atomic mass is 16.1. The van der Waals surface area contributed by atoms with Crippen molar-refractivity contribution in [1.29, 1.82) is 0 Å². The molecule has 1 atom stereocenters. The Morgan fingerprint density at radius 2 is 1.90 bits per heavy atom. The second-order valence-corrected chi connectivity index (χ2v) is 8.23. The summed E-state index contributed by atoms with van der Waals surface area (Å²) in [7, 11) is 6.08. The Balaban J connectivity index is 1.86. The summed E-state index contributed by atoms with van der Waals surface area (Å²) in [6, 6.07) is 7.97. The van der Waals surface area contributed by atoms with Crippen LogP contribution in [0.1, 0.15) is 48.0 Å². The summed E-state index contributed by atoms with van der Waals surface area (Å²) in [4.78, 5) is 27.1. The van der Waals surface area contributed by atoms with E-state index in [1.54, 1.807) is 0 Å². The quantitative estimate of drug-likeness (QED) is 0.460. The molecule has 5 heteroatoms. The monoisotopic (exact) mass is 397 g/mol. The molecule has 1 aliphatic carbocycles. The molecule has 0 saturated heterocycles. The van der Waals surface area contributed by atoms with Gasteiger partial charge in [0.1, 0.15) is 6.29 Å². The number of benzene rings is 1. The van der Waals surface area contributed by atoms with Crippen molar-refractivity contribution in [2.24, 2.45) is 0 Å². The van der Waals surface area contributed by atoms with Gasteiger partial charge in [0.15, 0.2) is 0 Å². The van der Waals surface area contributed by atoms with E-state index >= 15 is 0 Å². The lowest BCUT2D eigenvalue weighted by atomic mass is 9.85. The number of hydrogen-bond acceptors (Lipinski definition) is 4. The van der Waals surface area contributed by atoms with Crippen molar-refractivity contribution < 1.29 is 9.59 Å². The minimum atomic E-state index is -0.00262. The molecule has 1 N–H and O–H groups in total. The molecule has 1 aromatic rings. The second kappa shape index (κ2) is 11.7. The Morgan fingerprint density at radius 1 is 1.17 bits per heavy atom. The molecular weight excluding hydrogens is 362 g/mol. The Morgan fingerprint density at radius 3 is 2.52 bits per heavy atom. The van der Waals surface area contributed by atoms with Crippen LogP contribution in [0.15, 0.2) is 47.6 Å². The van der Waals surface area contributed by atoms with Gasteiger partial charge in [-0.3, -0.25) is 9.69 Å². The Hall–Kier alpha value is -2.24. The van der Waals surface area contributed by atoms with Gasteiger partial charge in [0.25, 0.3) is 5.91 Å². The fourth-order valence-electron chi connectivity index (χ4n) is 3.54. The van der Waals surface area contributed by atoms with E-state index < -0.39 is 0 Å². The zero-order valence-corrected chi connectivity index (χ0v) is 18.3. The van der Waals surface area contributed by atoms with Crippen LogP contribution < -0.4 is 5.32 Å². The molecule has 0 spiro atoms. The molecule has 0 fully saturated rings. The molecule has 0 bridgehead atoms. The number of nitrogens with zero attached hydrogens (tertiary/aromatic N) is 2. The average molecular weight is 398 g/mol. The number of unbranched alkanes of at least 4 members (excludes halogenated alkanes) is 1. The maximum absolute atomic E-state index is 12.3. The Bertz CT molecular complexity index is 735. The standard InChI is InChI=1S/C24H35N3O2/c1-19-17-22(11-12-23(19)18-27(4)15-16-28)20-7-9-21(10-8-20)24(29)25-13-5-6-14-26(2)3/h7-12,16,22H,5-6,13-15,17-18H2,1-4H3,(H,25,29). The van der Waals surface area contributed by atoms with Gasteiger partial charge in [-0.15, -0.1) is 0 Å². The molecule has 1 aliphatic rings. The molecule has 29 heavy (non-hydrogen) atoms. The number of allylic oxidation sites excluding steroid dienone is 2. The SMILES string of the molecule is CC1=C(CN(C)CC=O)C=CC(c2ccc(C(=O)NCCCCN(C)C)cc2)C1. The lowest BCUT2D eigenvalue weighted by molar-refractivity contribution is -0.108. The van der Waals surface area contributed by atoms with Crippen molar-refractivity contribution in [3.05, 3.63) is 58.7 Å².